The molecule has 0 unspecified atom stereocenters. The Hall–Kier alpha value is -0.340. The van der Waals surface area contributed by atoms with Crippen LogP contribution >= 0.6 is 15.9 Å². The summed E-state index contributed by atoms with van der Waals surface area (Å²) in [5.41, 5.74) is 3.00. The summed E-state index contributed by atoms with van der Waals surface area (Å²) < 4.78 is 1.20. The molecule has 2 rings (SSSR count). The van der Waals surface area contributed by atoms with Crippen LogP contribution in [0.2, 0.25) is 0 Å². The molecule has 0 bridgehead atoms. The summed E-state index contributed by atoms with van der Waals surface area (Å²) in [6, 6.07) is 6.63. The van der Waals surface area contributed by atoms with Gasteiger partial charge in [-0.25, -0.2) is 0 Å². The summed E-state index contributed by atoms with van der Waals surface area (Å²) in [6.07, 6.45) is 2.50. The van der Waals surface area contributed by atoms with Gasteiger partial charge in [0.1, 0.15) is 0 Å². The number of nitrogens with zero attached hydrogens (tertiary/aromatic N) is 1. The van der Waals surface area contributed by atoms with E-state index in [1.165, 1.54) is 35.0 Å². The zero-order valence-electron chi connectivity index (χ0n) is 7.89. The van der Waals surface area contributed by atoms with E-state index in [-0.39, 0.29) is 0 Å². The average molecular weight is 240 g/mol. The molecule has 1 aliphatic heterocycles. The third-order valence-electron chi connectivity index (χ3n) is 2.59. The van der Waals surface area contributed by atoms with Crippen molar-refractivity contribution < 1.29 is 0 Å². The van der Waals surface area contributed by atoms with E-state index in [9.17, 15) is 0 Å². The van der Waals surface area contributed by atoms with Crippen LogP contribution in [0.15, 0.2) is 22.7 Å². The van der Waals surface area contributed by atoms with Gasteiger partial charge in [-0.2, -0.15) is 0 Å². The van der Waals surface area contributed by atoms with Crippen molar-refractivity contribution in [2.24, 2.45) is 0 Å². The zero-order chi connectivity index (χ0) is 9.26. The number of rotatable bonds is 0. The second-order valence-corrected chi connectivity index (χ2v) is 4.67. The molecule has 0 radical (unpaired) electrons. The zero-order valence-corrected chi connectivity index (χ0v) is 9.47. The van der Waals surface area contributed by atoms with E-state index < -0.39 is 0 Å². The van der Waals surface area contributed by atoms with Crippen LogP contribution in [0.5, 0.6) is 0 Å². The largest absolute Gasteiger partial charge is 0.302 e. The topological polar surface area (TPSA) is 3.24 Å². The number of hydrogen-bond donors (Lipinski definition) is 0. The first-order chi connectivity index (χ1) is 6.25. The Morgan fingerprint density at radius 1 is 1.31 bits per heavy atom. The highest BCUT2D eigenvalue weighted by molar-refractivity contribution is 9.10. The molecule has 0 aliphatic carbocycles. The fourth-order valence-electron chi connectivity index (χ4n) is 1.89. The molecule has 0 saturated carbocycles. The third kappa shape index (κ3) is 2.12. The summed E-state index contributed by atoms with van der Waals surface area (Å²) in [7, 11) is 2.19. The van der Waals surface area contributed by atoms with Crippen LogP contribution in [0.4, 0.5) is 0 Å². The normalized spacial score (nSPS) is 18.0. The Morgan fingerprint density at radius 2 is 2.15 bits per heavy atom. The van der Waals surface area contributed by atoms with Gasteiger partial charge >= 0.3 is 0 Å². The molecule has 1 nitrogen and oxygen atoms in total. The van der Waals surface area contributed by atoms with Crippen molar-refractivity contribution in [1.29, 1.82) is 0 Å². The number of hydrogen-bond acceptors (Lipinski definition) is 1. The van der Waals surface area contributed by atoms with E-state index in [0.29, 0.717) is 0 Å². The summed E-state index contributed by atoms with van der Waals surface area (Å²) in [4.78, 5) is 2.39. The SMILES string of the molecule is CN1CCCc2cc(Br)ccc2C1. The minimum atomic E-state index is 1.10. The van der Waals surface area contributed by atoms with Gasteiger partial charge in [0, 0.05) is 11.0 Å². The Morgan fingerprint density at radius 3 is 3.00 bits per heavy atom. The van der Waals surface area contributed by atoms with Gasteiger partial charge in [0.2, 0.25) is 0 Å². The molecule has 0 fully saturated rings. The van der Waals surface area contributed by atoms with E-state index in [1.54, 1.807) is 0 Å². The van der Waals surface area contributed by atoms with E-state index >= 15 is 0 Å². The monoisotopic (exact) mass is 239 g/mol. The van der Waals surface area contributed by atoms with Gasteiger partial charge in [-0.1, -0.05) is 22.0 Å². The lowest BCUT2D eigenvalue weighted by Gasteiger charge is -2.13. The number of benzene rings is 1. The van der Waals surface area contributed by atoms with Crippen molar-refractivity contribution in [1.82, 2.24) is 4.90 Å². The van der Waals surface area contributed by atoms with E-state index in [4.69, 9.17) is 0 Å². The molecule has 0 N–H and O–H groups in total. The predicted molar refractivity (Wildman–Crippen MR) is 58.8 cm³/mol. The smallest absolute Gasteiger partial charge is 0.0233 e. The maximum atomic E-state index is 3.52. The highest BCUT2D eigenvalue weighted by Gasteiger charge is 2.10. The minimum absolute atomic E-state index is 1.10. The van der Waals surface area contributed by atoms with Gasteiger partial charge in [-0.15, -0.1) is 0 Å². The Kier molecular flexibility index (Phi) is 2.70. The van der Waals surface area contributed by atoms with Crippen LogP contribution in [-0.4, -0.2) is 18.5 Å². The van der Waals surface area contributed by atoms with Gasteiger partial charge in [0.25, 0.3) is 0 Å². The molecular weight excluding hydrogens is 226 g/mol. The predicted octanol–water partition coefficient (Wildman–Crippen LogP) is 2.83. The van der Waals surface area contributed by atoms with Gasteiger partial charge in [-0.05, 0) is 49.7 Å². The van der Waals surface area contributed by atoms with E-state index in [2.05, 4.69) is 46.1 Å². The Balaban J connectivity index is 2.34. The molecule has 0 atom stereocenters. The third-order valence-corrected chi connectivity index (χ3v) is 3.09. The Labute approximate surface area is 87.9 Å². The molecule has 0 amide bonds. The van der Waals surface area contributed by atoms with Crippen LogP contribution in [-0.2, 0) is 13.0 Å². The average Bonchev–Trinajstić information content (AvgIpc) is 2.25. The van der Waals surface area contributed by atoms with Crippen molar-refractivity contribution in [2.45, 2.75) is 19.4 Å². The second-order valence-electron chi connectivity index (χ2n) is 3.75. The van der Waals surface area contributed by atoms with Crippen molar-refractivity contribution in [3.05, 3.63) is 33.8 Å². The first kappa shape index (κ1) is 9.22. The maximum absolute atomic E-state index is 3.52. The van der Waals surface area contributed by atoms with E-state index in [0.717, 1.165) is 6.54 Å². The molecule has 1 aromatic rings. The molecule has 13 heavy (non-hydrogen) atoms. The molecule has 0 saturated heterocycles. The van der Waals surface area contributed by atoms with Crippen LogP contribution in [0.3, 0.4) is 0 Å². The summed E-state index contributed by atoms with van der Waals surface area (Å²) in [5, 5.41) is 0. The van der Waals surface area contributed by atoms with Crippen molar-refractivity contribution in [3.63, 3.8) is 0 Å². The van der Waals surface area contributed by atoms with Gasteiger partial charge < -0.3 is 4.90 Å². The van der Waals surface area contributed by atoms with Gasteiger partial charge in [0.05, 0.1) is 0 Å². The summed E-state index contributed by atoms with van der Waals surface area (Å²) in [5.74, 6) is 0. The molecule has 2 heteroatoms. The second kappa shape index (κ2) is 3.81. The molecule has 70 valence electrons. The molecular formula is C11H14BrN. The standard InChI is InChI=1S/C11H14BrN/c1-13-6-2-3-9-7-11(12)5-4-10(9)8-13/h4-5,7H,2-3,6,8H2,1H3. The molecule has 1 heterocycles. The molecule has 1 aliphatic rings. The first-order valence-electron chi connectivity index (χ1n) is 4.71. The summed E-state index contributed by atoms with van der Waals surface area (Å²) in [6.45, 7) is 2.31. The fraction of sp³-hybridized carbons (Fsp3) is 0.455. The molecule has 0 spiro atoms. The number of aryl methyl sites for hydroxylation is 1. The van der Waals surface area contributed by atoms with Crippen molar-refractivity contribution in [2.75, 3.05) is 13.6 Å². The van der Waals surface area contributed by atoms with Crippen LogP contribution < -0.4 is 0 Å². The lowest BCUT2D eigenvalue weighted by molar-refractivity contribution is 0.332. The summed E-state index contributed by atoms with van der Waals surface area (Å²) >= 11 is 3.52. The quantitative estimate of drug-likeness (QED) is 0.674. The lowest BCUT2D eigenvalue weighted by atomic mass is 10.0. The van der Waals surface area contributed by atoms with Crippen molar-refractivity contribution >= 4 is 15.9 Å². The Bertz CT molecular complexity index is 309. The molecule has 1 aromatic carbocycles. The minimum Gasteiger partial charge on any atom is -0.302 e. The van der Waals surface area contributed by atoms with Crippen molar-refractivity contribution in [3.8, 4) is 0 Å². The number of halogens is 1. The molecule has 0 aromatic heterocycles. The number of fused-ring (bicyclic) bond motifs is 1. The van der Waals surface area contributed by atoms with Gasteiger partial charge in [0.15, 0.2) is 0 Å². The fourth-order valence-corrected chi connectivity index (χ4v) is 2.30. The van der Waals surface area contributed by atoms with Crippen LogP contribution in [0, 0.1) is 0 Å². The highest BCUT2D eigenvalue weighted by atomic mass is 79.9. The maximum Gasteiger partial charge on any atom is 0.0233 e. The van der Waals surface area contributed by atoms with Crippen LogP contribution in [0.25, 0.3) is 0 Å². The lowest BCUT2D eigenvalue weighted by Crippen LogP contribution is -2.16. The van der Waals surface area contributed by atoms with Gasteiger partial charge in [-0.3, -0.25) is 0 Å². The van der Waals surface area contributed by atoms with E-state index in [1.807, 2.05) is 0 Å². The van der Waals surface area contributed by atoms with Crippen LogP contribution in [0.1, 0.15) is 17.5 Å². The highest BCUT2D eigenvalue weighted by Crippen LogP contribution is 2.21. The first-order valence-corrected chi connectivity index (χ1v) is 5.51.